The van der Waals surface area contributed by atoms with Crippen LogP contribution in [0.4, 0.5) is 0 Å². The zero-order valence-electron chi connectivity index (χ0n) is 19.9. The standard InChI is InChI=1S/C28H34N2O4/c1-32-24-15-11-22(12-16-24)27(23-13-17-25(33-2)18-14-23)30-26(10-6-7-19-29)28(31)34-20-21-8-4-3-5-9-21/h3-5,8-9,11-18,26-27,30H,6-7,10,19-20,29H2,1-2H3. The summed E-state index contributed by atoms with van der Waals surface area (Å²) in [5.41, 5.74) is 8.70. The summed E-state index contributed by atoms with van der Waals surface area (Å²) < 4.78 is 16.3. The summed E-state index contributed by atoms with van der Waals surface area (Å²) in [4.78, 5) is 13.2. The monoisotopic (exact) mass is 462 g/mol. The first-order valence-electron chi connectivity index (χ1n) is 11.6. The smallest absolute Gasteiger partial charge is 0.323 e. The Morgan fingerprint density at radius 2 is 1.38 bits per heavy atom. The fraction of sp³-hybridized carbons (Fsp3) is 0.321. The SMILES string of the molecule is COc1ccc(C(NC(CCCCN)C(=O)OCc2ccccc2)c2ccc(OC)cc2)cc1. The number of benzene rings is 3. The highest BCUT2D eigenvalue weighted by atomic mass is 16.5. The maximum atomic E-state index is 13.2. The van der Waals surface area contributed by atoms with Crippen LogP contribution in [0.1, 0.15) is 42.0 Å². The van der Waals surface area contributed by atoms with Gasteiger partial charge in [-0.2, -0.15) is 0 Å². The molecule has 0 saturated carbocycles. The van der Waals surface area contributed by atoms with Crippen molar-refractivity contribution in [3.63, 3.8) is 0 Å². The van der Waals surface area contributed by atoms with Crippen LogP contribution in [0, 0.1) is 0 Å². The van der Waals surface area contributed by atoms with E-state index in [1.54, 1.807) is 14.2 Å². The summed E-state index contributed by atoms with van der Waals surface area (Å²) >= 11 is 0. The molecule has 0 spiro atoms. The molecular weight excluding hydrogens is 428 g/mol. The van der Waals surface area contributed by atoms with Gasteiger partial charge in [-0.3, -0.25) is 10.1 Å². The lowest BCUT2D eigenvalue weighted by Crippen LogP contribution is -2.40. The lowest BCUT2D eigenvalue weighted by Gasteiger charge is -2.26. The maximum absolute atomic E-state index is 13.2. The van der Waals surface area contributed by atoms with Crippen molar-refractivity contribution in [2.45, 2.75) is 38.0 Å². The van der Waals surface area contributed by atoms with Crippen molar-refractivity contribution in [1.82, 2.24) is 5.32 Å². The van der Waals surface area contributed by atoms with Gasteiger partial charge in [0.15, 0.2) is 0 Å². The topological polar surface area (TPSA) is 82.8 Å². The molecule has 0 aliphatic heterocycles. The second-order valence-corrected chi connectivity index (χ2v) is 8.08. The van der Waals surface area contributed by atoms with E-state index in [1.807, 2.05) is 78.9 Å². The average molecular weight is 463 g/mol. The zero-order valence-corrected chi connectivity index (χ0v) is 19.9. The van der Waals surface area contributed by atoms with Gasteiger partial charge in [0.2, 0.25) is 0 Å². The molecule has 0 amide bonds. The lowest BCUT2D eigenvalue weighted by atomic mass is 9.96. The first-order chi connectivity index (χ1) is 16.6. The number of hydrogen-bond donors (Lipinski definition) is 2. The normalized spacial score (nSPS) is 11.8. The summed E-state index contributed by atoms with van der Waals surface area (Å²) in [6, 6.07) is 24.7. The van der Waals surface area contributed by atoms with Crippen LogP contribution in [-0.4, -0.2) is 32.8 Å². The number of rotatable bonds is 13. The average Bonchev–Trinajstić information content (AvgIpc) is 2.90. The van der Waals surface area contributed by atoms with E-state index in [-0.39, 0.29) is 18.6 Å². The minimum Gasteiger partial charge on any atom is -0.497 e. The van der Waals surface area contributed by atoms with E-state index in [9.17, 15) is 4.79 Å². The number of hydrogen-bond acceptors (Lipinski definition) is 6. The Labute approximate surface area is 202 Å². The zero-order chi connectivity index (χ0) is 24.2. The maximum Gasteiger partial charge on any atom is 0.323 e. The Morgan fingerprint density at radius 3 is 1.88 bits per heavy atom. The van der Waals surface area contributed by atoms with Gasteiger partial charge in [0.05, 0.1) is 20.3 Å². The lowest BCUT2D eigenvalue weighted by molar-refractivity contribution is -0.148. The van der Waals surface area contributed by atoms with Crippen molar-refractivity contribution in [2.75, 3.05) is 20.8 Å². The Kier molecular flexibility index (Phi) is 9.95. The molecule has 3 rings (SSSR count). The molecule has 3 N–H and O–H groups in total. The minimum atomic E-state index is -0.482. The van der Waals surface area contributed by atoms with E-state index in [0.29, 0.717) is 13.0 Å². The molecule has 3 aromatic carbocycles. The summed E-state index contributed by atoms with van der Waals surface area (Å²) in [6.07, 6.45) is 2.31. The van der Waals surface area contributed by atoms with E-state index in [2.05, 4.69) is 5.32 Å². The molecule has 1 unspecified atom stereocenters. The molecule has 0 aromatic heterocycles. The van der Waals surface area contributed by atoms with Crippen molar-refractivity contribution >= 4 is 5.97 Å². The van der Waals surface area contributed by atoms with E-state index in [4.69, 9.17) is 19.9 Å². The van der Waals surface area contributed by atoms with Crippen LogP contribution in [-0.2, 0) is 16.1 Å². The molecule has 6 heteroatoms. The molecule has 180 valence electrons. The highest BCUT2D eigenvalue weighted by Crippen LogP contribution is 2.27. The number of carbonyl (C=O) groups is 1. The van der Waals surface area contributed by atoms with Gasteiger partial charge in [-0.15, -0.1) is 0 Å². The van der Waals surface area contributed by atoms with Crippen molar-refractivity contribution in [1.29, 1.82) is 0 Å². The molecule has 34 heavy (non-hydrogen) atoms. The predicted octanol–water partition coefficient (Wildman–Crippen LogP) is 4.62. The van der Waals surface area contributed by atoms with Gasteiger partial charge >= 0.3 is 5.97 Å². The van der Waals surface area contributed by atoms with Crippen LogP contribution in [0.15, 0.2) is 78.9 Å². The van der Waals surface area contributed by atoms with Gasteiger partial charge in [0.1, 0.15) is 24.1 Å². The third-order valence-electron chi connectivity index (χ3n) is 5.72. The second kappa shape index (κ2) is 13.4. The largest absolute Gasteiger partial charge is 0.497 e. The molecule has 1 atom stereocenters. The number of esters is 1. The molecule has 0 radical (unpaired) electrons. The minimum absolute atomic E-state index is 0.219. The van der Waals surface area contributed by atoms with Crippen LogP contribution in [0.5, 0.6) is 11.5 Å². The molecule has 3 aromatic rings. The van der Waals surface area contributed by atoms with Gasteiger partial charge < -0.3 is 19.9 Å². The molecule has 0 aliphatic rings. The van der Waals surface area contributed by atoms with Crippen LogP contribution < -0.4 is 20.5 Å². The number of carbonyl (C=O) groups excluding carboxylic acids is 1. The first-order valence-corrected chi connectivity index (χ1v) is 11.6. The first kappa shape index (κ1) is 25.3. The highest BCUT2D eigenvalue weighted by molar-refractivity contribution is 5.76. The van der Waals surface area contributed by atoms with Crippen LogP contribution in [0.3, 0.4) is 0 Å². The Morgan fingerprint density at radius 1 is 0.824 bits per heavy atom. The molecule has 6 nitrogen and oxygen atoms in total. The Hall–Kier alpha value is -3.35. The summed E-state index contributed by atoms with van der Waals surface area (Å²) in [7, 11) is 3.29. The fourth-order valence-electron chi connectivity index (χ4n) is 3.77. The van der Waals surface area contributed by atoms with Crippen molar-refractivity contribution in [2.24, 2.45) is 5.73 Å². The van der Waals surface area contributed by atoms with Crippen molar-refractivity contribution in [3.8, 4) is 11.5 Å². The van der Waals surface area contributed by atoms with Gasteiger partial charge in [0, 0.05) is 0 Å². The van der Waals surface area contributed by atoms with E-state index in [0.717, 1.165) is 41.0 Å². The van der Waals surface area contributed by atoms with Crippen molar-refractivity contribution in [3.05, 3.63) is 95.6 Å². The van der Waals surface area contributed by atoms with E-state index < -0.39 is 6.04 Å². The number of methoxy groups -OCH3 is 2. The third-order valence-corrected chi connectivity index (χ3v) is 5.72. The molecular formula is C28H34N2O4. The Bertz CT molecular complexity index is 944. The van der Waals surface area contributed by atoms with Gasteiger partial charge in [-0.1, -0.05) is 61.0 Å². The second-order valence-electron chi connectivity index (χ2n) is 8.08. The molecule has 0 bridgehead atoms. The molecule has 0 saturated heterocycles. The quantitative estimate of drug-likeness (QED) is 0.285. The summed E-state index contributed by atoms with van der Waals surface area (Å²) in [5.74, 6) is 1.28. The number of unbranched alkanes of at least 4 members (excludes halogenated alkanes) is 1. The third kappa shape index (κ3) is 7.33. The highest BCUT2D eigenvalue weighted by Gasteiger charge is 2.25. The summed E-state index contributed by atoms with van der Waals surface area (Å²) in [5, 5.41) is 3.56. The van der Waals surface area contributed by atoms with Gasteiger partial charge in [-0.05, 0) is 60.3 Å². The van der Waals surface area contributed by atoms with E-state index in [1.165, 1.54) is 0 Å². The fourth-order valence-corrected chi connectivity index (χ4v) is 3.77. The molecule has 0 aliphatic carbocycles. The number of ether oxygens (including phenoxy) is 3. The molecule has 0 fully saturated rings. The predicted molar refractivity (Wildman–Crippen MR) is 134 cm³/mol. The van der Waals surface area contributed by atoms with Gasteiger partial charge in [-0.25, -0.2) is 0 Å². The van der Waals surface area contributed by atoms with Crippen molar-refractivity contribution < 1.29 is 19.0 Å². The van der Waals surface area contributed by atoms with Crippen LogP contribution >= 0.6 is 0 Å². The Balaban J connectivity index is 1.84. The van der Waals surface area contributed by atoms with Crippen LogP contribution in [0.25, 0.3) is 0 Å². The number of nitrogens with one attached hydrogen (secondary N) is 1. The molecule has 0 heterocycles. The number of nitrogens with two attached hydrogens (primary N) is 1. The van der Waals surface area contributed by atoms with Gasteiger partial charge in [0.25, 0.3) is 0 Å². The summed E-state index contributed by atoms with van der Waals surface area (Å²) in [6.45, 7) is 0.830. The van der Waals surface area contributed by atoms with Crippen LogP contribution in [0.2, 0.25) is 0 Å². The van der Waals surface area contributed by atoms with E-state index >= 15 is 0 Å².